The van der Waals surface area contributed by atoms with Crippen LogP contribution in [-0.4, -0.2) is 24.2 Å². The number of hydrogen-bond acceptors (Lipinski definition) is 2. The average Bonchev–Trinajstić information content (AvgIpc) is 2.37. The highest BCUT2D eigenvalue weighted by atomic mass is 19.1. The van der Waals surface area contributed by atoms with E-state index in [1.165, 1.54) is 18.2 Å². The molecule has 20 heavy (non-hydrogen) atoms. The van der Waals surface area contributed by atoms with Crippen molar-refractivity contribution in [1.82, 2.24) is 5.32 Å². The summed E-state index contributed by atoms with van der Waals surface area (Å²) in [7, 11) is 0. The minimum absolute atomic E-state index is 0.00921. The van der Waals surface area contributed by atoms with Crippen LogP contribution in [0.1, 0.15) is 43.1 Å². The zero-order chi connectivity index (χ0) is 15.2. The van der Waals surface area contributed by atoms with Crippen LogP contribution in [0.2, 0.25) is 0 Å². The number of halogens is 1. The van der Waals surface area contributed by atoms with Crippen molar-refractivity contribution in [1.29, 1.82) is 0 Å². The summed E-state index contributed by atoms with van der Waals surface area (Å²) in [6, 6.07) is 4.17. The van der Waals surface area contributed by atoms with Gasteiger partial charge < -0.3 is 10.4 Å². The summed E-state index contributed by atoms with van der Waals surface area (Å²) in [6.07, 6.45) is 0.350. The maximum absolute atomic E-state index is 13.7. The molecule has 0 aromatic heterocycles. The van der Waals surface area contributed by atoms with Crippen molar-refractivity contribution in [3.05, 3.63) is 35.1 Å². The first-order chi connectivity index (χ1) is 9.33. The highest BCUT2D eigenvalue weighted by Crippen LogP contribution is 2.13. The molecule has 1 aromatic carbocycles. The third-order valence-electron chi connectivity index (χ3n) is 2.46. The molecule has 0 aliphatic rings. The number of carbonyl (C=O) groups excluding carboxylic acids is 1. The van der Waals surface area contributed by atoms with Crippen LogP contribution < -0.4 is 5.32 Å². The van der Waals surface area contributed by atoms with E-state index in [0.29, 0.717) is 18.5 Å². The fraction of sp³-hybridized carbons (Fsp3) is 0.438. The quantitative estimate of drug-likeness (QED) is 0.833. The van der Waals surface area contributed by atoms with E-state index in [1.54, 1.807) is 0 Å². The summed E-state index contributed by atoms with van der Waals surface area (Å²) < 4.78 is 13.7. The van der Waals surface area contributed by atoms with Gasteiger partial charge in [0.15, 0.2) is 0 Å². The number of amides is 1. The molecule has 0 bridgehead atoms. The van der Waals surface area contributed by atoms with Gasteiger partial charge in [0.05, 0.1) is 12.2 Å². The first-order valence-corrected chi connectivity index (χ1v) is 6.51. The van der Waals surface area contributed by atoms with Crippen LogP contribution in [0, 0.1) is 23.1 Å². The molecule has 1 rings (SSSR count). The van der Waals surface area contributed by atoms with Crippen molar-refractivity contribution in [2.24, 2.45) is 5.41 Å². The van der Waals surface area contributed by atoms with Gasteiger partial charge in [0, 0.05) is 18.5 Å². The lowest BCUT2D eigenvalue weighted by atomic mass is 9.97. The van der Waals surface area contributed by atoms with Crippen molar-refractivity contribution in [2.45, 2.75) is 27.2 Å². The number of aliphatic hydroxyl groups is 1. The van der Waals surface area contributed by atoms with Gasteiger partial charge in [0.1, 0.15) is 5.82 Å². The molecule has 0 saturated carbocycles. The minimum atomic E-state index is -0.566. The lowest BCUT2D eigenvalue weighted by Crippen LogP contribution is -2.32. The van der Waals surface area contributed by atoms with Gasteiger partial charge in [-0.15, -0.1) is 0 Å². The van der Waals surface area contributed by atoms with E-state index in [4.69, 9.17) is 5.11 Å². The Morgan fingerprint density at radius 3 is 2.70 bits per heavy atom. The molecule has 0 fully saturated rings. The molecule has 1 amide bonds. The molecule has 0 aliphatic carbocycles. The van der Waals surface area contributed by atoms with Crippen LogP contribution >= 0.6 is 0 Å². The highest BCUT2D eigenvalue weighted by molar-refractivity contribution is 5.94. The molecule has 0 aliphatic heterocycles. The predicted octanol–water partition coefficient (Wildman–Crippen LogP) is 2.34. The van der Waals surface area contributed by atoms with E-state index in [-0.39, 0.29) is 17.6 Å². The van der Waals surface area contributed by atoms with Gasteiger partial charge in [-0.2, -0.15) is 0 Å². The Hall–Kier alpha value is -1.86. The van der Waals surface area contributed by atoms with Crippen LogP contribution in [0.15, 0.2) is 18.2 Å². The number of benzene rings is 1. The Morgan fingerprint density at radius 2 is 2.10 bits per heavy atom. The van der Waals surface area contributed by atoms with E-state index in [1.807, 2.05) is 20.8 Å². The Morgan fingerprint density at radius 1 is 1.40 bits per heavy atom. The molecular weight excluding hydrogens is 257 g/mol. The van der Waals surface area contributed by atoms with Crippen molar-refractivity contribution in [3.8, 4) is 11.8 Å². The zero-order valence-corrected chi connectivity index (χ0v) is 12.1. The normalized spacial score (nSPS) is 10.7. The second-order valence-corrected chi connectivity index (χ2v) is 5.71. The van der Waals surface area contributed by atoms with E-state index >= 15 is 0 Å². The smallest absolute Gasteiger partial charge is 0.254 e. The Bertz CT molecular complexity index is 536. The maximum Gasteiger partial charge on any atom is 0.254 e. The average molecular weight is 277 g/mol. The second kappa shape index (κ2) is 7.06. The molecule has 0 heterocycles. The number of nitrogens with one attached hydrogen (secondary N) is 1. The fourth-order valence-electron chi connectivity index (χ4n) is 1.44. The van der Waals surface area contributed by atoms with Crippen LogP contribution in [0.4, 0.5) is 4.39 Å². The number of hydrogen-bond donors (Lipinski definition) is 2. The van der Waals surface area contributed by atoms with E-state index in [0.717, 1.165) is 0 Å². The van der Waals surface area contributed by atoms with Crippen LogP contribution in [-0.2, 0) is 0 Å². The molecule has 108 valence electrons. The molecule has 1 aromatic rings. The predicted molar refractivity (Wildman–Crippen MR) is 76.8 cm³/mol. The number of carbonyl (C=O) groups is 1. The molecule has 3 nitrogen and oxygen atoms in total. The number of rotatable bonds is 3. The molecular formula is C16H20FNO2. The van der Waals surface area contributed by atoms with Crippen LogP contribution in [0.25, 0.3) is 0 Å². The van der Waals surface area contributed by atoms with E-state index < -0.39 is 11.7 Å². The summed E-state index contributed by atoms with van der Waals surface area (Å²) in [4.78, 5) is 12.0. The van der Waals surface area contributed by atoms with Gasteiger partial charge in [0.2, 0.25) is 0 Å². The SMILES string of the molecule is CC(C)(C)CNC(=O)c1cc(C#CCCO)ccc1F. The Balaban J connectivity index is 2.86. The second-order valence-electron chi connectivity index (χ2n) is 5.71. The van der Waals surface area contributed by atoms with Crippen LogP contribution in [0.5, 0.6) is 0 Å². The standard InChI is InChI=1S/C16H20FNO2/c1-16(2,3)11-18-15(20)13-10-12(6-4-5-9-19)7-8-14(13)17/h7-8,10,19H,5,9,11H2,1-3H3,(H,18,20). The Labute approximate surface area is 119 Å². The van der Waals surface area contributed by atoms with Crippen molar-refractivity contribution in [2.75, 3.05) is 13.2 Å². The first kappa shape index (κ1) is 16.2. The Kier molecular flexibility index (Phi) is 5.72. The van der Waals surface area contributed by atoms with Crippen LogP contribution in [0.3, 0.4) is 0 Å². The fourth-order valence-corrected chi connectivity index (χ4v) is 1.44. The van der Waals surface area contributed by atoms with Gasteiger partial charge in [-0.05, 0) is 23.6 Å². The van der Waals surface area contributed by atoms with Crippen molar-refractivity contribution in [3.63, 3.8) is 0 Å². The molecule has 2 N–H and O–H groups in total. The molecule has 0 atom stereocenters. The van der Waals surface area contributed by atoms with Crippen molar-refractivity contribution >= 4 is 5.91 Å². The van der Waals surface area contributed by atoms with E-state index in [9.17, 15) is 9.18 Å². The summed E-state index contributed by atoms with van der Waals surface area (Å²) in [5, 5.41) is 11.4. The number of aliphatic hydroxyl groups excluding tert-OH is 1. The molecule has 4 heteroatoms. The zero-order valence-electron chi connectivity index (χ0n) is 12.1. The highest BCUT2D eigenvalue weighted by Gasteiger charge is 2.16. The summed E-state index contributed by atoms with van der Waals surface area (Å²) in [5.41, 5.74) is 0.482. The van der Waals surface area contributed by atoms with Gasteiger partial charge in [0.25, 0.3) is 5.91 Å². The summed E-state index contributed by atoms with van der Waals surface area (Å²) in [6.45, 7) is 6.40. The monoisotopic (exact) mass is 277 g/mol. The minimum Gasteiger partial charge on any atom is -0.395 e. The third-order valence-corrected chi connectivity index (χ3v) is 2.46. The maximum atomic E-state index is 13.7. The topological polar surface area (TPSA) is 49.3 Å². The van der Waals surface area contributed by atoms with Gasteiger partial charge in [-0.3, -0.25) is 4.79 Å². The summed E-state index contributed by atoms with van der Waals surface area (Å²) >= 11 is 0. The largest absolute Gasteiger partial charge is 0.395 e. The molecule has 0 spiro atoms. The van der Waals surface area contributed by atoms with Crippen molar-refractivity contribution < 1.29 is 14.3 Å². The van der Waals surface area contributed by atoms with Gasteiger partial charge in [-0.1, -0.05) is 32.6 Å². The summed E-state index contributed by atoms with van der Waals surface area (Å²) in [5.74, 6) is 4.52. The van der Waals surface area contributed by atoms with E-state index in [2.05, 4.69) is 17.2 Å². The van der Waals surface area contributed by atoms with Gasteiger partial charge in [-0.25, -0.2) is 4.39 Å². The molecule has 0 saturated heterocycles. The van der Waals surface area contributed by atoms with Gasteiger partial charge >= 0.3 is 0 Å². The molecule has 0 radical (unpaired) electrons. The lowest BCUT2D eigenvalue weighted by molar-refractivity contribution is 0.0935. The lowest BCUT2D eigenvalue weighted by Gasteiger charge is -2.18. The molecule has 0 unspecified atom stereocenters. The third kappa shape index (κ3) is 5.41. The first-order valence-electron chi connectivity index (χ1n) is 6.51.